The minimum absolute atomic E-state index is 0.0516. The zero-order chi connectivity index (χ0) is 15.2. The molecule has 0 atom stereocenters. The van der Waals surface area contributed by atoms with E-state index in [0.29, 0.717) is 31.0 Å². The van der Waals surface area contributed by atoms with E-state index in [1.807, 2.05) is 60.9 Å². The number of hydrogen-bond donors (Lipinski definition) is 0. The van der Waals surface area contributed by atoms with Crippen LogP contribution in [-0.2, 0) is 13.6 Å². The fourth-order valence-electron chi connectivity index (χ4n) is 2.15. The van der Waals surface area contributed by atoms with E-state index in [2.05, 4.69) is 4.98 Å². The third-order valence-corrected chi connectivity index (χ3v) is 3.23. The number of imidazole rings is 1. The fourth-order valence-corrected chi connectivity index (χ4v) is 2.15. The van der Waals surface area contributed by atoms with Gasteiger partial charge in [0.2, 0.25) is 0 Å². The van der Waals surface area contributed by atoms with Gasteiger partial charge in [0.15, 0.2) is 5.78 Å². The third-order valence-electron chi connectivity index (χ3n) is 3.23. The van der Waals surface area contributed by atoms with Crippen molar-refractivity contribution >= 4 is 5.78 Å². The average Bonchev–Trinajstić information content (AvgIpc) is 2.85. The van der Waals surface area contributed by atoms with Crippen molar-refractivity contribution in [3.05, 3.63) is 48.0 Å². The van der Waals surface area contributed by atoms with E-state index in [9.17, 15) is 4.79 Å². The van der Waals surface area contributed by atoms with Gasteiger partial charge in [-0.2, -0.15) is 0 Å². The Morgan fingerprint density at radius 1 is 1.38 bits per heavy atom. The lowest BCUT2D eigenvalue weighted by atomic mass is 10.1. The summed E-state index contributed by atoms with van der Waals surface area (Å²) in [5.41, 5.74) is 0.631. The number of carbonyl (C=O) groups is 1. The molecule has 0 radical (unpaired) electrons. The standard InChI is InChI=1S/C16H21N3O2/c1-4-21-15-8-6-5-7-13(15)14(20)11-18(2)12-16-17-9-10-19(16)3/h5-10H,4,11-12H2,1-3H3. The van der Waals surface area contributed by atoms with Gasteiger partial charge in [0.25, 0.3) is 0 Å². The van der Waals surface area contributed by atoms with Crippen LogP contribution in [0.15, 0.2) is 36.7 Å². The van der Waals surface area contributed by atoms with Crippen LogP contribution in [0.3, 0.4) is 0 Å². The summed E-state index contributed by atoms with van der Waals surface area (Å²) in [5, 5.41) is 0. The largest absolute Gasteiger partial charge is 0.493 e. The van der Waals surface area contributed by atoms with Crippen molar-refractivity contribution in [3.8, 4) is 5.75 Å². The number of aryl methyl sites for hydroxylation is 1. The van der Waals surface area contributed by atoms with Crippen molar-refractivity contribution in [1.82, 2.24) is 14.5 Å². The minimum Gasteiger partial charge on any atom is -0.493 e. The molecule has 1 heterocycles. The van der Waals surface area contributed by atoms with Gasteiger partial charge < -0.3 is 9.30 Å². The Bertz CT molecular complexity index is 607. The van der Waals surface area contributed by atoms with Crippen LogP contribution in [0.2, 0.25) is 0 Å². The van der Waals surface area contributed by atoms with Crippen molar-refractivity contribution in [1.29, 1.82) is 0 Å². The molecule has 2 rings (SSSR count). The van der Waals surface area contributed by atoms with Gasteiger partial charge in [-0.3, -0.25) is 9.69 Å². The van der Waals surface area contributed by atoms with E-state index < -0.39 is 0 Å². The van der Waals surface area contributed by atoms with Crippen LogP contribution in [0.1, 0.15) is 23.1 Å². The lowest BCUT2D eigenvalue weighted by Gasteiger charge is -2.16. The first-order valence-corrected chi connectivity index (χ1v) is 7.01. The third kappa shape index (κ3) is 3.92. The molecule has 0 aliphatic rings. The van der Waals surface area contributed by atoms with Crippen LogP contribution in [-0.4, -0.2) is 40.4 Å². The van der Waals surface area contributed by atoms with Crippen molar-refractivity contribution in [3.63, 3.8) is 0 Å². The van der Waals surface area contributed by atoms with Crippen LogP contribution in [0.25, 0.3) is 0 Å². The zero-order valence-corrected chi connectivity index (χ0v) is 12.7. The van der Waals surface area contributed by atoms with Crippen LogP contribution < -0.4 is 4.74 Å². The Morgan fingerprint density at radius 3 is 2.81 bits per heavy atom. The normalized spacial score (nSPS) is 10.9. The van der Waals surface area contributed by atoms with Gasteiger partial charge in [-0.1, -0.05) is 12.1 Å². The molecule has 5 nitrogen and oxygen atoms in total. The first-order valence-electron chi connectivity index (χ1n) is 7.01. The summed E-state index contributed by atoms with van der Waals surface area (Å²) in [4.78, 5) is 18.6. The van der Waals surface area contributed by atoms with Gasteiger partial charge in [-0.15, -0.1) is 0 Å². The number of benzene rings is 1. The molecule has 0 N–H and O–H groups in total. The van der Waals surface area contributed by atoms with Gasteiger partial charge in [-0.25, -0.2) is 4.98 Å². The van der Waals surface area contributed by atoms with Gasteiger partial charge in [0.1, 0.15) is 11.6 Å². The Hall–Kier alpha value is -2.14. The van der Waals surface area contributed by atoms with Crippen molar-refractivity contribution in [2.24, 2.45) is 7.05 Å². The van der Waals surface area contributed by atoms with Gasteiger partial charge >= 0.3 is 0 Å². The van der Waals surface area contributed by atoms with Gasteiger partial charge in [0.05, 0.1) is 25.3 Å². The lowest BCUT2D eigenvalue weighted by molar-refractivity contribution is 0.0937. The number of rotatable bonds is 7. The molecule has 0 spiro atoms. The van der Waals surface area contributed by atoms with Crippen LogP contribution in [0.4, 0.5) is 0 Å². The predicted octanol–water partition coefficient (Wildman–Crippen LogP) is 2.13. The first kappa shape index (κ1) is 15.3. The minimum atomic E-state index is 0.0516. The Morgan fingerprint density at radius 2 is 2.14 bits per heavy atom. The summed E-state index contributed by atoms with van der Waals surface area (Å²) < 4.78 is 7.46. The molecular formula is C16H21N3O2. The van der Waals surface area contributed by atoms with Crippen molar-refractivity contribution < 1.29 is 9.53 Å². The Kier molecular flexibility index (Phi) is 5.11. The molecule has 0 unspecified atom stereocenters. The quantitative estimate of drug-likeness (QED) is 0.732. The molecule has 112 valence electrons. The first-order chi connectivity index (χ1) is 10.1. The number of Topliss-reactive ketones (excluding diaryl/α,β-unsaturated/α-hetero) is 1. The van der Waals surface area contributed by atoms with E-state index in [1.165, 1.54) is 0 Å². The smallest absolute Gasteiger partial charge is 0.180 e. The highest BCUT2D eigenvalue weighted by molar-refractivity contribution is 6.00. The monoisotopic (exact) mass is 287 g/mol. The number of carbonyl (C=O) groups excluding carboxylic acids is 1. The summed E-state index contributed by atoms with van der Waals surface area (Å²) in [7, 11) is 3.86. The van der Waals surface area contributed by atoms with Crippen molar-refractivity contribution in [2.75, 3.05) is 20.2 Å². The fraction of sp³-hybridized carbons (Fsp3) is 0.375. The molecule has 0 aliphatic heterocycles. The molecule has 0 fully saturated rings. The summed E-state index contributed by atoms with van der Waals surface area (Å²) in [6, 6.07) is 7.37. The second-order valence-electron chi connectivity index (χ2n) is 4.98. The van der Waals surface area contributed by atoms with E-state index in [-0.39, 0.29) is 5.78 Å². The van der Waals surface area contributed by atoms with Gasteiger partial charge in [-0.05, 0) is 26.1 Å². The van der Waals surface area contributed by atoms with E-state index in [0.717, 1.165) is 5.82 Å². The molecule has 1 aromatic carbocycles. The predicted molar refractivity (Wildman–Crippen MR) is 81.5 cm³/mol. The molecular weight excluding hydrogens is 266 g/mol. The number of nitrogens with zero attached hydrogens (tertiary/aromatic N) is 3. The van der Waals surface area contributed by atoms with Crippen LogP contribution in [0.5, 0.6) is 5.75 Å². The summed E-state index contributed by atoms with van der Waals surface area (Å²) in [5.74, 6) is 1.63. The van der Waals surface area contributed by atoms with Crippen LogP contribution in [0, 0.1) is 0 Å². The van der Waals surface area contributed by atoms with E-state index in [1.54, 1.807) is 6.20 Å². The van der Waals surface area contributed by atoms with Crippen LogP contribution >= 0.6 is 0 Å². The molecule has 0 saturated heterocycles. The average molecular weight is 287 g/mol. The van der Waals surface area contributed by atoms with Crippen molar-refractivity contribution in [2.45, 2.75) is 13.5 Å². The van der Waals surface area contributed by atoms with E-state index >= 15 is 0 Å². The topological polar surface area (TPSA) is 47.4 Å². The molecule has 0 amide bonds. The number of likely N-dealkylation sites (N-methyl/N-ethyl adjacent to an activating group) is 1. The van der Waals surface area contributed by atoms with Gasteiger partial charge in [0, 0.05) is 19.4 Å². The summed E-state index contributed by atoms with van der Waals surface area (Å²) in [6.45, 7) is 3.42. The SMILES string of the molecule is CCOc1ccccc1C(=O)CN(C)Cc1nccn1C. The number of ketones is 1. The summed E-state index contributed by atoms with van der Waals surface area (Å²) in [6.07, 6.45) is 3.66. The Balaban J connectivity index is 2.02. The summed E-state index contributed by atoms with van der Waals surface area (Å²) >= 11 is 0. The second kappa shape index (κ2) is 7.04. The van der Waals surface area contributed by atoms with E-state index in [4.69, 9.17) is 4.74 Å². The highest BCUT2D eigenvalue weighted by Crippen LogP contribution is 2.18. The molecule has 21 heavy (non-hydrogen) atoms. The highest BCUT2D eigenvalue weighted by Gasteiger charge is 2.15. The number of hydrogen-bond acceptors (Lipinski definition) is 4. The second-order valence-corrected chi connectivity index (χ2v) is 4.98. The molecule has 1 aromatic heterocycles. The molecule has 2 aromatic rings. The maximum absolute atomic E-state index is 12.4. The molecule has 0 aliphatic carbocycles. The number of aromatic nitrogens is 2. The Labute approximate surface area is 125 Å². The number of para-hydroxylation sites is 1. The zero-order valence-electron chi connectivity index (χ0n) is 12.7. The maximum atomic E-state index is 12.4. The number of ether oxygens (including phenoxy) is 1. The molecule has 5 heteroatoms. The molecule has 0 saturated carbocycles. The maximum Gasteiger partial charge on any atom is 0.180 e. The highest BCUT2D eigenvalue weighted by atomic mass is 16.5. The lowest BCUT2D eigenvalue weighted by Crippen LogP contribution is -2.27. The molecule has 0 bridgehead atoms.